The number of para-hydroxylation sites is 1. The van der Waals surface area contributed by atoms with Crippen LogP contribution < -0.4 is 4.72 Å². The summed E-state index contributed by atoms with van der Waals surface area (Å²) in [6, 6.07) is 6.92. The van der Waals surface area contributed by atoms with Crippen molar-refractivity contribution in [3.63, 3.8) is 0 Å². The fourth-order valence-electron chi connectivity index (χ4n) is 3.02. The van der Waals surface area contributed by atoms with Gasteiger partial charge in [-0.3, -0.25) is 4.79 Å². The summed E-state index contributed by atoms with van der Waals surface area (Å²) in [6.45, 7) is -0.418. The molecule has 3 rings (SSSR count). The molecule has 0 spiro atoms. The minimum absolute atomic E-state index is 0.0420. The van der Waals surface area contributed by atoms with Crippen molar-refractivity contribution >= 4 is 26.9 Å². The summed E-state index contributed by atoms with van der Waals surface area (Å²) in [5.74, 6) is -1.79. The first-order valence-electron chi connectivity index (χ1n) is 7.28. The fourth-order valence-corrected chi connectivity index (χ4v) is 4.31. The molecule has 2 atom stereocenters. The first-order chi connectivity index (χ1) is 10.8. The van der Waals surface area contributed by atoms with Crippen molar-refractivity contribution in [2.45, 2.75) is 29.8 Å². The highest BCUT2D eigenvalue weighted by atomic mass is 32.2. The van der Waals surface area contributed by atoms with Gasteiger partial charge in [0.1, 0.15) is 10.6 Å². The molecule has 1 aromatic heterocycles. The summed E-state index contributed by atoms with van der Waals surface area (Å²) in [5.41, 5.74) is -1.14. The predicted molar refractivity (Wildman–Crippen MR) is 82.3 cm³/mol. The number of rotatable bonds is 5. The Labute approximate surface area is 132 Å². The lowest BCUT2D eigenvalue weighted by Gasteiger charge is -2.19. The van der Waals surface area contributed by atoms with Gasteiger partial charge in [0.25, 0.3) is 0 Å². The van der Waals surface area contributed by atoms with Gasteiger partial charge in [0.05, 0.1) is 5.92 Å². The molecule has 1 heterocycles. The van der Waals surface area contributed by atoms with Gasteiger partial charge in [-0.1, -0.05) is 18.2 Å². The van der Waals surface area contributed by atoms with Crippen molar-refractivity contribution < 1.29 is 22.7 Å². The normalized spacial score (nSPS) is 25.0. The number of aliphatic carboxylic acids is 1. The number of carbonyl (C=O) groups is 1. The van der Waals surface area contributed by atoms with Crippen molar-refractivity contribution in [1.29, 1.82) is 0 Å². The highest BCUT2D eigenvalue weighted by Crippen LogP contribution is 2.37. The van der Waals surface area contributed by atoms with Gasteiger partial charge in [0.15, 0.2) is 0 Å². The summed E-state index contributed by atoms with van der Waals surface area (Å²) < 4.78 is 41.7. The number of carboxylic acids is 1. The zero-order valence-corrected chi connectivity index (χ0v) is 13.1. The van der Waals surface area contributed by atoms with Crippen LogP contribution in [0.1, 0.15) is 19.3 Å². The van der Waals surface area contributed by atoms with E-state index in [1.165, 1.54) is 6.20 Å². The van der Waals surface area contributed by atoms with Crippen LogP contribution in [0.5, 0.6) is 0 Å². The largest absolute Gasteiger partial charge is 0.481 e. The molecule has 1 aliphatic carbocycles. The Hall–Kier alpha value is -1.93. The van der Waals surface area contributed by atoms with E-state index in [2.05, 4.69) is 9.71 Å². The van der Waals surface area contributed by atoms with E-state index in [-0.39, 0.29) is 24.2 Å². The van der Waals surface area contributed by atoms with E-state index in [0.717, 1.165) is 0 Å². The average Bonchev–Trinajstić information content (AvgIpc) is 3.10. The van der Waals surface area contributed by atoms with Crippen molar-refractivity contribution in [2.24, 2.45) is 5.92 Å². The second-order valence-corrected chi connectivity index (χ2v) is 7.69. The minimum Gasteiger partial charge on any atom is -0.481 e. The van der Waals surface area contributed by atoms with E-state index in [9.17, 15) is 17.6 Å². The molecule has 8 heteroatoms. The van der Waals surface area contributed by atoms with Gasteiger partial charge in [-0.2, -0.15) is 0 Å². The Morgan fingerprint density at radius 1 is 1.43 bits per heavy atom. The van der Waals surface area contributed by atoms with Gasteiger partial charge in [-0.25, -0.2) is 17.5 Å². The maximum absolute atomic E-state index is 14.6. The van der Waals surface area contributed by atoms with Crippen molar-refractivity contribution in [3.05, 3.63) is 30.5 Å². The third kappa shape index (κ3) is 3.09. The number of hydrogen-bond acceptors (Lipinski definition) is 3. The van der Waals surface area contributed by atoms with Crippen LogP contribution in [-0.2, 0) is 14.8 Å². The molecule has 0 unspecified atom stereocenters. The molecule has 0 radical (unpaired) electrons. The van der Waals surface area contributed by atoms with E-state index in [4.69, 9.17) is 5.11 Å². The molecule has 1 aromatic carbocycles. The zero-order valence-electron chi connectivity index (χ0n) is 12.3. The molecule has 2 aromatic rings. The lowest BCUT2D eigenvalue weighted by Crippen LogP contribution is -2.38. The topological polar surface area (TPSA) is 99.3 Å². The number of fused-ring (bicyclic) bond motifs is 1. The summed E-state index contributed by atoms with van der Waals surface area (Å²) >= 11 is 0. The number of benzene rings is 1. The van der Waals surface area contributed by atoms with E-state index in [1.54, 1.807) is 24.3 Å². The van der Waals surface area contributed by atoms with E-state index < -0.39 is 34.1 Å². The summed E-state index contributed by atoms with van der Waals surface area (Å²) in [6.07, 6.45) is 1.46. The number of carboxylic acid groups (broad SMARTS) is 1. The van der Waals surface area contributed by atoms with Crippen LogP contribution in [0.4, 0.5) is 4.39 Å². The SMILES string of the molecule is O=C(O)[C@@H]1CC[C@](F)(CNS(=O)(=O)c2c[nH]c3ccccc23)C1. The van der Waals surface area contributed by atoms with Crippen molar-refractivity contribution in [3.8, 4) is 0 Å². The Kier molecular flexibility index (Phi) is 3.89. The molecule has 0 bridgehead atoms. The quantitative estimate of drug-likeness (QED) is 0.775. The number of hydrogen-bond donors (Lipinski definition) is 3. The third-order valence-electron chi connectivity index (χ3n) is 4.32. The molecule has 0 aliphatic heterocycles. The van der Waals surface area contributed by atoms with Crippen LogP contribution in [0.15, 0.2) is 35.4 Å². The smallest absolute Gasteiger partial charge is 0.306 e. The first-order valence-corrected chi connectivity index (χ1v) is 8.77. The van der Waals surface area contributed by atoms with Gasteiger partial charge in [-0.05, 0) is 25.3 Å². The van der Waals surface area contributed by atoms with Gasteiger partial charge in [-0.15, -0.1) is 0 Å². The predicted octanol–water partition coefficient (Wildman–Crippen LogP) is 2.04. The van der Waals surface area contributed by atoms with Crippen LogP contribution in [0.3, 0.4) is 0 Å². The van der Waals surface area contributed by atoms with Gasteiger partial charge >= 0.3 is 5.97 Å². The highest BCUT2D eigenvalue weighted by Gasteiger charge is 2.43. The minimum atomic E-state index is -3.88. The number of nitrogens with one attached hydrogen (secondary N) is 2. The Balaban J connectivity index is 1.76. The molecule has 0 amide bonds. The first kappa shape index (κ1) is 15.9. The zero-order chi connectivity index (χ0) is 16.7. The van der Waals surface area contributed by atoms with Crippen LogP contribution >= 0.6 is 0 Å². The van der Waals surface area contributed by atoms with Gasteiger partial charge < -0.3 is 10.1 Å². The molecule has 6 nitrogen and oxygen atoms in total. The molecule has 124 valence electrons. The van der Waals surface area contributed by atoms with E-state index >= 15 is 0 Å². The number of halogens is 1. The monoisotopic (exact) mass is 340 g/mol. The molecule has 3 N–H and O–H groups in total. The number of sulfonamides is 1. The second kappa shape index (κ2) is 5.61. The fraction of sp³-hybridized carbons (Fsp3) is 0.400. The van der Waals surface area contributed by atoms with Crippen LogP contribution in [0, 0.1) is 5.92 Å². The molecular formula is C15H17FN2O4S. The molecular weight excluding hydrogens is 323 g/mol. The van der Waals surface area contributed by atoms with Gasteiger partial charge in [0.2, 0.25) is 10.0 Å². The summed E-state index contributed by atoms with van der Waals surface area (Å²) in [7, 11) is -3.88. The summed E-state index contributed by atoms with van der Waals surface area (Å²) in [5, 5.41) is 9.46. The summed E-state index contributed by atoms with van der Waals surface area (Å²) in [4.78, 5) is 13.8. The molecule has 1 saturated carbocycles. The molecule has 0 saturated heterocycles. The third-order valence-corrected chi connectivity index (χ3v) is 5.76. The standard InChI is InChI=1S/C15H17FN2O4S/c16-15(6-5-10(7-15)14(19)20)9-18-23(21,22)13-8-17-12-4-2-1-3-11(12)13/h1-4,8,10,17-18H,5-7,9H2,(H,19,20)/t10-,15-/m1/s1. The average molecular weight is 340 g/mol. The lowest BCUT2D eigenvalue weighted by atomic mass is 10.0. The van der Waals surface area contributed by atoms with Crippen molar-refractivity contribution in [2.75, 3.05) is 6.54 Å². The van der Waals surface area contributed by atoms with Gasteiger partial charge in [0, 0.05) is 23.6 Å². The maximum atomic E-state index is 14.6. The van der Waals surface area contributed by atoms with E-state index in [0.29, 0.717) is 10.9 Å². The number of H-pyrrole nitrogens is 1. The van der Waals surface area contributed by atoms with E-state index in [1.807, 2.05) is 0 Å². The Bertz CT molecular complexity index is 848. The lowest BCUT2D eigenvalue weighted by molar-refractivity contribution is -0.141. The van der Waals surface area contributed by atoms with Crippen LogP contribution in [-0.4, -0.2) is 36.7 Å². The molecule has 1 aliphatic rings. The number of aromatic amines is 1. The van der Waals surface area contributed by atoms with Crippen molar-refractivity contribution in [1.82, 2.24) is 9.71 Å². The van der Waals surface area contributed by atoms with Crippen LogP contribution in [0.2, 0.25) is 0 Å². The Morgan fingerprint density at radius 3 is 2.87 bits per heavy atom. The maximum Gasteiger partial charge on any atom is 0.306 e. The Morgan fingerprint density at radius 2 is 2.17 bits per heavy atom. The molecule has 1 fully saturated rings. The second-order valence-electron chi connectivity index (χ2n) is 5.95. The highest BCUT2D eigenvalue weighted by molar-refractivity contribution is 7.89. The van der Waals surface area contributed by atoms with Crippen LogP contribution in [0.25, 0.3) is 10.9 Å². The number of alkyl halides is 1. The molecule has 23 heavy (non-hydrogen) atoms. The number of aromatic nitrogens is 1.